The topological polar surface area (TPSA) is 77.8 Å². The molecule has 0 aromatic heterocycles. The van der Waals surface area contributed by atoms with Crippen LogP contribution in [0, 0.1) is 17.0 Å². The number of carboxylic acids is 1. The lowest BCUT2D eigenvalue weighted by Gasteiger charge is -2.20. The van der Waals surface area contributed by atoms with Crippen molar-refractivity contribution < 1.29 is 28.9 Å². The minimum Gasteiger partial charge on any atom is -0.505 e. The summed E-state index contributed by atoms with van der Waals surface area (Å²) in [5.74, 6) is -5.58. The lowest BCUT2D eigenvalue weighted by Crippen LogP contribution is -2.27. The monoisotopic (exact) mass is 246 g/mol. The standard InChI is InChI=1S/C11H12F2O4/c1-11(2,10(16)17)4-5-8(12)6(14)3-7(15)9(5)13/h3,14-15H,4H2,1-2H3,(H,16,17). The maximum Gasteiger partial charge on any atom is 0.309 e. The molecule has 0 atom stereocenters. The van der Waals surface area contributed by atoms with Crippen LogP contribution in [0.2, 0.25) is 0 Å². The molecule has 0 heterocycles. The van der Waals surface area contributed by atoms with Gasteiger partial charge in [-0.1, -0.05) is 0 Å². The van der Waals surface area contributed by atoms with Crippen LogP contribution in [0.3, 0.4) is 0 Å². The van der Waals surface area contributed by atoms with Crippen molar-refractivity contribution >= 4 is 5.97 Å². The van der Waals surface area contributed by atoms with Gasteiger partial charge in [-0.15, -0.1) is 0 Å². The zero-order valence-corrected chi connectivity index (χ0v) is 9.29. The molecule has 0 amide bonds. The van der Waals surface area contributed by atoms with E-state index in [0.29, 0.717) is 6.07 Å². The van der Waals surface area contributed by atoms with E-state index in [1.54, 1.807) is 0 Å². The zero-order valence-electron chi connectivity index (χ0n) is 9.29. The van der Waals surface area contributed by atoms with E-state index >= 15 is 0 Å². The van der Waals surface area contributed by atoms with Crippen LogP contribution in [-0.4, -0.2) is 21.3 Å². The minimum absolute atomic E-state index is 0.484. The van der Waals surface area contributed by atoms with Crippen LogP contribution >= 0.6 is 0 Å². The van der Waals surface area contributed by atoms with Gasteiger partial charge in [-0.05, 0) is 20.3 Å². The Bertz CT molecular complexity index is 443. The van der Waals surface area contributed by atoms with Crippen molar-refractivity contribution in [1.82, 2.24) is 0 Å². The number of hydrogen-bond acceptors (Lipinski definition) is 3. The first-order chi connectivity index (χ1) is 7.66. The first kappa shape index (κ1) is 13.2. The van der Waals surface area contributed by atoms with Gasteiger partial charge in [0.25, 0.3) is 0 Å². The zero-order chi connectivity index (χ0) is 13.4. The highest BCUT2D eigenvalue weighted by atomic mass is 19.1. The van der Waals surface area contributed by atoms with Crippen LogP contribution < -0.4 is 0 Å². The fourth-order valence-corrected chi connectivity index (χ4v) is 1.33. The average Bonchev–Trinajstić information content (AvgIpc) is 2.21. The number of aliphatic carboxylic acids is 1. The molecule has 0 aliphatic heterocycles. The molecule has 6 heteroatoms. The predicted molar refractivity (Wildman–Crippen MR) is 54.8 cm³/mol. The summed E-state index contributed by atoms with van der Waals surface area (Å²) in [5, 5.41) is 27.0. The Balaban J connectivity index is 3.28. The second-order valence-electron chi connectivity index (χ2n) is 4.39. The molecule has 3 N–H and O–H groups in total. The van der Waals surface area contributed by atoms with E-state index in [9.17, 15) is 13.6 Å². The molecule has 0 saturated heterocycles. The molecule has 1 rings (SSSR count). The van der Waals surface area contributed by atoms with Gasteiger partial charge in [-0.3, -0.25) is 4.79 Å². The van der Waals surface area contributed by atoms with Crippen LogP contribution in [0.4, 0.5) is 8.78 Å². The van der Waals surface area contributed by atoms with Crippen molar-refractivity contribution in [2.45, 2.75) is 20.3 Å². The van der Waals surface area contributed by atoms with Gasteiger partial charge in [-0.2, -0.15) is 0 Å². The summed E-state index contributed by atoms with van der Waals surface area (Å²) >= 11 is 0. The molecular weight excluding hydrogens is 234 g/mol. The second-order valence-corrected chi connectivity index (χ2v) is 4.39. The largest absolute Gasteiger partial charge is 0.505 e. The average molecular weight is 246 g/mol. The SMILES string of the molecule is CC(C)(Cc1c(F)c(O)cc(O)c1F)C(=O)O. The number of hydrogen-bond donors (Lipinski definition) is 3. The quantitative estimate of drug-likeness (QED) is 0.762. The Morgan fingerprint density at radius 1 is 1.24 bits per heavy atom. The third-order valence-electron chi connectivity index (χ3n) is 2.45. The molecule has 17 heavy (non-hydrogen) atoms. The fourth-order valence-electron chi connectivity index (χ4n) is 1.33. The summed E-state index contributed by atoms with van der Waals surface area (Å²) in [4.78, 5) is 10.8. The maximum atomic E-state index is 13.4. The number of benzene rings is 1. The predicted octanol–water partition coefficient (Wildman–Crippen LogP) is 2.03. The van der Waals surface area contributed by atoms with Crippen LogP contribution in [0.25, 0.3) is 0 Å². The Labute approximate surface area is 96.1 Å². The molecule has 0 bridgehead atoms. The fraction of sp³-hybridized carbons (Fsp3) is 0.364. The van der Waals surface area contributed by atoms with Crippen LogP contribution in [-0.2, 0) is 11.2 Å². The highest BCUT2D eigenvalue weighted by molar-refractivity contribution is 5.74. The number of carbonyl (C=O) groups is 1. The Morgan fingerprint density at radius 3 is 2.00 bits per heavy atom. The Morgan fingerprint density at radius 2 is 1.65 bits per heavy atom. The molecular formula is C11H12F2O4. The number of phenolic OH excluding ortho intramolecular Hbond substituents is 2. The summed E-state index contributed by atoms with van der Waals surface area (Å²) in [6, 6.07) is 0.530. The number of phenols is 2. The molecule has 0 spiro atoms. The first-order valence-corrected chi connectivity index (χ1v) is 4.79. The van der Waals surface area contributed by atoms with Crippen molar-refractivity contribution in [3.63, 3.8) is 0 Å². The molecule has 4 nitrogen and oxygen atoms in total. The summed E-state index contributed by atoms with van der Waals surface area (Å²) in [7, 11) is 0. The van der Waals surface area contributed by atoms with Gasteiger partial charge in [0.2, 0.25) is 0 Å². The summed E-state index contributed by atoms with van der Waals surface area (Å²) in [5.41, 5.74) is -2.06. The van der Waals surface area contributed by atoms with Crippen molar-refractivity contribution in [1.29, 1.82) is 0 Å². The third kappa shape index (κ3) is 2.46. The van der Waals surface area contributed by atoms with Gasteiger partial charge in [-0.25, -0.2) is 8.78 Å². The van der Waals surface area contributed by atoms with Crippen LogP contribution in [0.15, 0.2) is 6.07 Å². The molecule has 94 valence electrons. The van der Waals surface area contributed by atoms with E-state index in [0.717, 1.165) is 0 Å². The van der Waals surface area contributed by atoms with E-state index in [1.165, 1.54) is 13.8 Å². The lowest BCUT2D eigenvalue weighted by molar-refractivity contribution is -0.146. The summed E-state index contributed by atoms with van der Waals surface area (Å²) in [6.45, 7) is 2.57. The van der Waals surface area contributed by atoms with Gasteiger partial charge >= 0.3 is 5.97 Å². The van der Waals surface area contributed by atoms with Crippen LogP contribution in [0.5, 0.6) is 11.5 Å². The van der Waals surface area contributed by atoms with E-state index in [4.69, 9.17) is 15.3 Å². The molecule has 1 aromatic rings. The highest BCUT2D eigenvalue weighted by Crippen LogP contribution is 2.34. The Hall–Kier alpha value is -1.85. The normalized spacial score (nSPS) is 11.5. The van der Waals surface area contributed by atoms with Gasteiger partial charge in [0, 0.05) is 11.6 Å². The number of carboxylic acid groups (broad SMARTS) is 1. The molecule has 0 aliphatic carbocycles. The lowest BCUT2D eigenvalue weighted by atomic mass is 9.85. The first-order valence-electron chi connectivity index (χ1n) is 4.79. The van der Waals surface area contributed by atoms with Crippen molar-refractivity contribution in [3.8, 4) is 11.5 Å². The van der Waals surface area contributed by atoms with Crippen LogP contribution in [0.1, 0.15) is 19.4 Å². The molecule has 0 radical (unpaired) electrons. The van der Waals surface area contributed by atoms with Gasteiger partial charge in [0.05, 0.1) is 5.41 Å². The van der Waals surface area contributed by atoms with E-state index in [1.807, 2.05) is 0 Å². The second kappa shape index (κ2) is 4.20. The van der Waals surface area contributed by atoms with E-state index in [-0.39, 0.29) is 0 Å². The number of halogens is 2. The number of rotatable bonds is 3. The van der Waals surface area contributed by atoms with Gasteiger partial charge in [0.15, 0.2) is 23.1 Å². The van der Waals surface area contributed by atoms with Crippen molar-refractivity contribution in [3.05, 3.63) is 23.3 Å². The van der Waals surface area contributed by atoms with Crippen molar-refractivity contribution in [2.75, 3.05) is 0 Å². The van der Waals surface area contributed by atoms with E-state index < -0.39 is 46.5 Å². The van der Waals surface area contributed by atoms with Gasteiger partial charge < -0.3 is 15.3 Å². The smallest absolute Gasteiger partial charge is 0.309 e. The summed E-state index contributed by atoms with van der Waals surface area (Å²) < 4.78 is 26.9. The minimum atomic E-state index is -1.41. The van der Waals surface area contributed by atoms with Gasteiger partial charge in [0.1, 0.15) is 0 Å². The third-order valence-corrected chi connectivity index (χ3v) is 2.45. The molecule has 0 unspecified atom stereocenters. The highest BCUT2D eigenvalue weighted by Gasteiger charge is 2.31. The molecule has 0 fully saturated rings. The molecule has 0 saturated carbocycles. The Kier molecular flexibility index (Phi) is 3.26. The van der Waals surface area contributed by atoms with Crippen molar-refractivity contribution in [2.24, 2.45) is 5.41 Å². The molecule has 1 aromatic carbocycles. The number of aromatic hydroxyl groups is 2. The molecule has 0 aliphatic rings. The van der Waals surface area contributed by atoms with E-state index in [2.05, 4.69) is 0 Å². The summed E-state index contributed by atoms with van der Waals surface area (Å²) in [6.07, 6.45) is -0.484. The maximum absolute atomic E-state index is 13.4.